The maximum absolute atomic E-state index is 12.3. The summed E-state index contributed by atoms with van der Waals surface area (Å²) in [6, 6.07) is 5.37. The number of carbonyl (C=O) groups is 1. The molecule has 5 nitrogen and oxygen atoms in total. The van der Waals surface area contributed by atoms with E-state index in [-0.39, 0.29) is 18.2 Å². The fourth-order valence-corrected chi connectivity index (χ4v) is 2.67. The van der Waals surface area contributed by atoms with E-state index in [2.05, 4.69) is 9.72 Å². The van der Waals surface area contributed by atoms with Gasteiger partial charge in [0.25, 0.3) is 5.91 Å². The highest BCUT2D eigenvalue weighted by Crippen LogP contribution is 2.23. The van der Waals surface area contributed by atoms with Crippen molar-refractivity contribution in [2.45, 2.75) is 19.5 Å². The maximum Gasteiger partial charge on any atom is 0.573 e. The number of methoxy groups -OCH3 is 1. The second-order valence-corrected chi connectivity index (χ2v) is 5.86. The highest BCUT2D eigenvalue weighted by molar-refractivity contribution is 7.09. The van der Waals surface area contributed by atoms with Crippen molar-refractivity contribution in [2.75, 3.05) is 14.2 Å². The van der Waals surface area contributed by atoms with Crippen LogP contribution in [0.5, 0.6) is 5.75 Å². The number of alkyl halides is 3. The van der Waals surface area contributed by atoms with Gasteiger partial charge in [0.1, 0.15) is 16.5 Å². The van der Waals surface area contributed by atoms with Gasteiger partial charge in [-0.15, -0.1) is 24.5 Å². The van der Waals surface area contributed by atoms with Gasteiger partial charge in [0.15, 0.2) is 0 Å². The van der Waals surface area contributed by atoms with Gasteiger partial charge in [-0.25, -0.2) is 4.98 Å². The molecule has 0 N–H and O–H groups in total. The zero-order valence-electron chi connectivity index (χ0n) is 13.0. The number of nitrogens with zero attached hydrogens (tertiary/aromatic N) is 2. The van der Waals surface area contributed by atoms with Crippen molar-refractivity contribution in [2.24, 2.45) is 0 Å². The van der Waals surface area contributed by atoms with Gasteiger partial charge in [-0.1, -0.05) is 12.1 Å². The Morgan fingerprint density at radius 2 is 1.96 bits per heavy atom. The summed E-state index contributed by atoms with van der Waals surface area (Å²) in [5.74, 6) is -0.576. The van der Waals surface area contributed by atoms with Gasteiger partial charge in [-0.2, -0.15) is 0 Å². The van der Waals surface area contributed by atoms with E-state index in [1.165, 1.54) is 40.5 Å². The lowest BCUT2D eigenvalue weighted by Gasteiger charge is -2.16. The van der Waals surface area contributed by atoms with Gasteiger partial charge >= 0.3 is 6.36 Å². The van der Waals surface area contributed by atoms with Crippen molar-refractivity contribution in [3.8, 4) is 5.75 Å². The van der Waals surface area contributed by atoms with E-state index in [0.717, 1.165) is 0 Å². The molecule has 2 aromatic rings. The van der Waals surface area contributed by atoms with Crippen LogP contribution in [0.1, 0.15) is 21.1 Å². The molecular weight excluding hydrogens is 345 g/mol. The molecule has 0 saturated heterocycles. The van der Waals surface area contributed by atoms with Gasteiger partial charge in [-0.3, -0.25) is 4.79 Å². The Hall–Kier alpha value is -2.13. The maximum atomic E-state index is 12.3. The van der Waals surface area contributed by atoms with E-state index < -0.39 is 6.36 Å². The van der Waals surface area contributed by atoms with E-state index in [9.17, 15) is 18.0 Å². The second kappa shape index (κ2) is 7.63. The average Bonchev–Trinajstić information content (AvgIpc) is 2.96. The molecule has 9 heteroatoms. The van der Waals surface area contributed by atoms with Crippen LogP contribution in [0, 0.1) is 0 Å². The molecule has 0 spiro atoms. The van der Waals surface area contributed by atoms with Crippen LogP contribution in [0.4, 0.5) is 13.2 Å². The third kappa shape index (κ3) is 5.20. The molecule has 130 valence electrons. The number of carbonyl (C=O) groups excluding carboxylic acids is 1. The summed E-state index contributed by atoms with van der Waals surface area (Å²) < 4.78 is 45.1. The number of rotatable bonds is 6. The van der Waals surface area contributed by atoms with Crippen molar-refractivity contribution in [1.29, 1.82) is 0 Å². The number of amides is 1. The van der Waals surface area contributed by atoms with Crippen molar-refractivity contribution in [3.63, 3.8) is 0 Å². The van der Waals surface area contributed by atoms with Gasteiger partial charge in [-0.05, 0) is 17.7 Å². The molecule has 1 heterocycles. The standard InChI is InChI=1S/C15H15F3N2O3S/c1-20(14(21)12-9-24-13(19-12)8-22-2)7-10-3-5-11(6-4-10)23-15(16,17)18/h3-6,9H,7-8H2,1-2H3. The minimum absolute atomic E-state index is 0.238. The van der Waals surface area contributed by atoms with E-state index in [1.807, 2.05) is 0 Å². The van der Waals surface area contributed by atoms with Crippen molar-refractivity contribution < 1.29 is 27.4 Å². The Balaban J connectivity index is 1.97. The lowest BCUT2D eigenvalue weighted by molar-refractivity contribution is -0.274. The first-order chi connectivity index (χ1) is 11.3. The molecule has 2 rings (SSSR count). The van der Waals surface area contributed by atoms with Crippen molar-refractivity contribution >= 4 is 17.2 Å². The minimum Gasteiger partial charge on any atom is -0.406 e. The fourth-order valence-electron chi connectivity index (χ4n) is 1.94. The third-order valence-corrected chi connectivity index (χ3v) is 3.78. The Labute approximate surface area is 140 Å². The van der Waals surface area contributed by atoms with Crippen LogP contribution in [-0.4, -0.2) is 36.3 Å². The first kappa shape index (κ1) is 18.2. The van der Waals surface area contributed by atoms with Crippen LogP contribution in [0.25, 0.3) is 0 Å². The molecule has 1 aromatic carbocycles. The summed E-state index contributed by atoms with van der Waals surface area (Å²) in [7, 11) is 3.14. The zero-order chi connectivity index (χ0) is 17.7. The predicted molar refractivity (Wildman–Crippen MR) is 81.7 cm³/mol. The molecule has 24 heavy (non-hydrogen) atoms. The van der Waals surface area contributed by atoms with Gasteiger partial charge in [0, 0.05) is 26.1 Å². The smallest absolute Gasteiger partial charge is 0.406 e. The highest BCUT2D eigenvalue weighted by Gasteiger charge is 2.31. The number of aromatic nitrogens is 1. The lowest BCUT2D eigenvalue weighted by atomic mass is 10.2. The second-order valence-electron chi connectivity index (χ2n) is 4.91. The van der Waals surface area contributed by atoms with Crippen molar-refractivity contribution in [1.82, 2.24) is 9.88 Å². The minimum atomic E-state index is -4.72. The molecular formula is C15H15F3N2O3S. The third-order valence-electron chi connectivity index (χ3n) is 2.96. The first-order valence-corrected chi connectivity index (χ1v) is 7.70. The van der Waals surface area contributed by atoms with Crippen LogP contribution < -0.4 is 4.74 Å². The van der Waals surface area contributed by atoms with Crippen LogP contribution in [0.2, 0.25) is 0 Å². The van der Waals surface area contributed by atoms with E-state index in [1.54, 1.807) is 19.5 Å². The molecule has 0 unspecified atom stereocenters. The predicted octanol–water partition coefficient (Wildman–Crippen LogP) is 3.46. The van der Waals surface area contributed by atoms with Crippen LogP contribution >= 0.6 is 11.3 Å². The Morgan fingerprint density at radius 1 is 1.29 bits per heavy atom. The molecule has 0 atom stereocenters. The average molecular weight is 360 g/mol. The number of thiazole rings is 1. The van der Waals surface area contributed by atoms with E-state index in [0.29, 0.717) is 22.9 Å². The largest absolute Gasteiger partial charge is 0.573 e. The van der Waals surface area contributed by atoms with E-state index in [4.69, 9.17) is 4.74 Å². The zero-order valence-corrected chi connectivity index (χ0v) is 13.8. The molecule has 0 radical (unpaired) electrons. The van der Waals surface area contributed by atoms with Crippen LogP contribution in [0.15, 0.2) is 29.6 Å². The Bertz CT molecular complexity index is 686. The first-order valence-electron chi connectivity index (χ1n) is 6.82. The normalized spacial score (nSPS) is 11.4. The van der Waals surface area contributed by atoms with Gasteiger partial charge in [0.05, 0.1) is 6.61 Å². The number of benzene rings is 1. The summed E-state index contributed by atoms with van der Waals surface area (Å²) in [5, 5.41) is 2.34. The molecule has 0 bridgehead atoms. The molecule has 0 aliphatic rings. The van der Waals surface area contributed by atoms with Crippen molar-refractivity contribution in [3.05, 3.63) is 45.9 Å². The van der Waals surface area contributed by atoms with Gasteiger partial charge < -0.3 is 14.4 Å². The summed E-state index contributed by atoms with van der Waals surface area (Å²) in [4.78, 5) is 17.9. The number of hydrogen-bond donors (Lipinski definition) is 0. The molecule has 0 saturated carbocycles. The molecule has 1 aromatic heterocycles. The van der Waals surface area contributed by atoms with E-state index >= 15 is 0 Å². The fraction of sp³-hybridized carbons (Fsp3) is 0.333. The molecule has 0 aliphatic heterocycles. The molecule has 0 fully saturated rings. The Morgan fingerprint density at radius 3 is 2.54 bits per heavy atom. The summed E-state index contributed by atoms with van der Waals surface area (Å²) in [6.45, 7) is 0.574. The topological polar surface area (TPSA) is 51.7 Å². The SMILES string of the molecule is COCc1nc(C(=O)N(C)Cc2ccc(OC(F)(F)F)cc2)cs1. The molecule has 0 aliphatic carbocycles. The number of ether oxygens (including phenoxy) is 2. The molecule has 1 amide bonds. The van der Waals surface area contributed by atoms with Gasteiger partial charge in [0.2, 0.25) is 0 Å². The highest BCUT2D eigenvalue weighted by atomic mass is 32.1. The van der Waals surface area contributed by atoms with Crippen LogP contribution in [-0.2, 0) is 17.9 Å². The Kier molecular flexibility index (Phi) is 5.79. The quantitative estimate of drug-likeness (QED) is 0.792. The summed E-state index contributed by atoms with van der Waals surface area (Å²) in [5.41, 5.74) is 0.985. The number of halogens is 3. The monoisotopic (exact) mass is 360 g/mol. The van der Waals surface area contributed by atoms with Crippen LogP contribution in [0.3, 0.4) is 0 Å². The summed E-state index contributed by atoms with van der Waals surface area (Å²) in [6.07, 6.45) is -4.72. The lowest BCUT2D eigenvalue weighted by Crippen LogP contribution is -2.26. The summed E-state index contributed by atoms with van der Waals surface area (Å²) >= 11 is 1.33. The number of hydrogen-bond acceptors (Lipinski definition) is 5.